The smallest absolute Gasteiger partial charge is 0.297 e. The standard InChI is InChI=1S/C18H23F2N3O2.ClH/c1-18(24)7-10-23(11-8-18)9-4-12-25-17-13-5-2-3-6-14(13)21-16(22-17)15(19)20;/h2-3,5-6,15,24H,4,7-12H2,1H3;1H. The van der Waals surface area contributed by atoms with Gasteiger partial charge in [-0.15, -0.1) is 12.4 Å². The molecule has 1 saturated heterocycles. The Balaban J connectivity index is 0.00000243. The van der Waals surface area contributed by atoms with Gasteiger partial charge in [-0.1, -0.05) is 12.1 Å². The van der Waals surface area contributed by atoms with Crippen LogP contribution in [0, 0.1) is 0 Å². The minimum absolute atomic E-state index is 0. The van der Waals surface area contributed by atoms with Crippen molar-refractivity contribution in [3.8, 4) is 5.88 Å². The molecule has 26 heavy (non-hydrogen) atoms. The molecule has 144 valence electrons. The third-order valence-corrected chi connectivity index (χ3v) is 4.57. The Labute approximate surface area is 157 Å². The number of para-hydroxylation sites is 1. The quantitative estimate of drug-likeness (QED) is 0.767. The van der Waals surface area contributed by atoms with Crippen LogP contribution in [0.4, 0.5) is 8.78 Å². The monoisotopic (exact) mass is 387 g/mol. The number of aromatic nitrogens is 2. The summed E-state index contributed by atoms with van der Waals surface area (Å²) in [7, 11) is 0. The van der Waals surface area contributed by atoms with Gasteiger partial charge in [-0.2, -0.15) is 4.98 Å². The van der Waals surface area contributed by atoms with Crippen molar-refractivity contribution < 1.29 is 18.6 Å². The molecule has 0 spiro atoms. The lowest BCUT2D eigenvalue weighted by Gasteiger charge is -2.35. The normalized spacial score (nSPS) is 17.3. The number of rotatable bonds is 6. The molecule has 1 aromatic carbocycles. The Morgan fingerprint density at radius 1 is 1.23 bits per heavy atom. The molecule has 0 aliphatic carbocycles. The van der Waals surface area contributed by atoms with E-state index in [0.717, 1.165) is 38.9 Å². The molecule has 2 heterocycles. The molecule has 1 aromatic heterocycles. The molecule has 1 aliphatic rings. The van der Waals surface area contributed by atoms with E-state index in [1.165, 1.54) is 0 Å². The van der Waals surface area contributed by atoms with Gasteiger partial charge >= 0.3 is 0 Å². The second-order valence-corrected chi connectivity index (χ2v) is 6.75. The summed E-state index contributed by atoms with van der Waals surface area (Å²) in [5, 5.41) is 10.6. The first-order chi connectivity index (χ1) is 11.9. The molecule has 3 rings (SSSR count). The third kappa shape index (κ3) is 5.22. The van der Waals surface area contributed by atoms with Gasteiger partial charge < -0.3 is 14.7 Å². The van der Waals surface area contributed by atoms with Gasteiger partial charge in [-0.3, -0.25) is 0 Å². The van der Waals surface area contributed by atoms with Crippen LogP contribution in [0.2, 0.25) is 0 Å². The Kier molecular flexibility index (Phi) is 7.08. The van der Waals surface area contributed by atoms with Crippen LogP contribution in [-0.4, -0.2) is 51.8 Å². The summed E-state index contributed by atoms with van der Waals surface area (Å²) >= 11 is 0. The third-order valence-electron chi connectivity index (χ3n) is 4.57. The van der Waals surface area contributed by atoms with Crippen LogP contribution in [0.25, 0.3) is 10.9 Å². The maximum Gasteiger partial charge on any atom is 0.297 e. The molecule has 1 fully saturated rings. The van der Waals surface area contributed by atoms with E-state index in [2.05, 4.69) is 14.9 Å². The summed E-state index contributed by atoms with van der Waals surface area (Å²) in [5.41, 5.74) is -0.0977. The molecule has 1 aliphatic heterocycles. The maximum atomic E-state index is 13.0. The van der Waals surface area contributed by atoms with Crippen molar-refractivity contribution in [2.24, 2.45) is 0 Å². The predicted molar refractivity (Wildman–Crippen MR) is 98.2 cm³/mol. The summed E-state index contributed by atoms with van der Waals surface area (Å²) in [6, 6.07) is 7.00. The lowest BCUT2D eigenvalue weighted by molar-refractivity contribution is -0.00605. The molecule has 0 saturated carbocycles. The predicted octanol–water partition coefficient (Wildman–Crippen LogP) is 3.60. The number of hydrogen-bond donors (Lipinski definition) is 1. The number of halogens is 3. The summed E-state index contributed by atoms with van der Waals surface area (Å²) in [4.78, 5) is 10.0. The molecule has 0 unspecified atom stereocenters. The van der Waals surface area contributed by atoms with Crippen molar-refractivity contribution in [1.82, 2.24) is 14.9 Å². The van der Waals surface area contributed by atoms with E-state index in [0.29, 0.717) is 17.5 Å². The molecular formula is C18H24ClF2N3O2. The number of ether oxygens (including phenoxy) is 1. The van der Waals surface area contributed by atoms with E-state index < -0.39 is 17.9 Å². The number of nitrogens with zero attached hydrogens (tertiary/aromatic N) is 3. The molecule has 0 bridgehead atoms. The molecule has 0 radical (unpaired) electrons. The fourth-order valence-electron chi connectivity index (χ4n) is 2.99. The molecule has 1 N–H and O–H groups in total. The average Bonchev–Trinajstić information content (AvgIpc) is 2.59. The number of fused-ring (bicyclic) bond motifs is 1. The second-order valence-electron chi connectivity index (χ2n) is 6.75. The van der Waals surface area contributed by atoms with Gasteiger partial charge in [0.1, 0.15) is 0 Å². The molecule has 8 heteroatoms. The zero-order valence-electron chi connectivity index (χ0n) is 14.7. The lowest BCUT2D eigenvalue weighted by Crippen LogP contribution is -2.42. The topological polar surface area (TPSA) is 58.5 Å². The van der Waals surface area contributed by atoms with Gasteiger partial charge in [0.05, 0.1) is 23.1 Å². The number of aliphatic hydroxyl groups is 1. The van der Waals surface area contributed by atoms with Crippen molar-refractivity contribution in [3.63, 3.8) is 0 Å². The first kappa shape index (κ1) is 20.7. The van der Waals surface area contributed by atoms with Gasteiger partial charge in [-0.05, 0) is 38.3 Å². The first-order valence-electron chi connectivity index (χ1n) is 8.57. The van der Waals surface area contributed by atoms with Crippen LogP contribution in [0.3, 0.4) is 0 Å². The van der Waals surface area contributed by atoms with Crippen molar-refractivity contribution in [2.75, 3.05) is 26.2 Å². The highest BCUT2D eigenvalue weighted by Gasteiger charge is 2.26. The minimum atomic E-state index is -2.73. The van der Waals surface area contributed by atoms with E-state index in [-0.39, 0.29) is 18.3 Å². The van der Waals surface area contributed by atoms with Crippen LogP contribution in [0.15, 0.2) is 24.3 Å². The van der Waals surface area contributed by atoms with Crippen LogP contribution in [0.1, 0.15) is 38.4 Å². The summed E-state index contributed by atoms with van der Waals surface area (Å²) < 4.78 is 31.6. The second kappa shape index (κ2) is 8.88. The van der Waals surface area contributed by atoms with Crippen molar-refractivity contribution >= 4 is 23.3 Å². The summed E-state index contributed by atoms with van der Waals surface area (Å²) in [5.74, 6) is -0.297. The number of hydrogen-bond acceptors (Lipinski definition) is 5. The SMILES string of the molecule is CC1(O)CCN(CCCOc2nc(C(F)F)nc3ccccc23)CC1.Cl. The molecule has 5 nitrogen and oxygen atoms in total. The zero-order valence-corrected chi connectivity index (χ0v) is 15.5. The van der Waals surface area contributed by atoms with Crippen LogP contribution < -0.4 is 4.74 Å². The maximum absolute atomic E-state index is 13.0. The summed E-state index contributed by atoms with van der Waals surface area (Å²) in [6.45, 7) is 4.84. The Morgan fingerprint density at radius 3 is 2.62 bits per heavy atom. The fraction of sp³-hybridized carbons (Fsp3) is 0.556. The van der Waals surface area contributed by atoms with Gasteiger partial charge in [-0.25, -0.2) is 13.8 Å². The van der Waals surface area contributed by atoms with Crippen LogP contribution in [-0.2, 0) is 0 Å². The Bertz CT molecular complexity index is 721. The minimum Gasteiger partial charge on any atom is -0.477 e. The van der Waals surface area contributed by atoms with Gasteiger partial charge in [0.2, 0.25) is 5.88 Å². The zero-order chi connectivity index (χ0) is 17.9. The van der Waals surface area contributed by atoms with Crippen LogP contribution >= 0.6 is 12.4 Å². The highest BCUT2D eigenvalue weighted by molar-refractivity contribution is 5.85. The van der Waals surface area contributed by atoms with Gasteiger partial charge in [0.15, 0.2) is 5.82 Å². The van der Waals surface area contributed by atoms with Crippen molar-refractivity contribution in [2.45, 2.75) is 38.2 Å². The van der Waals surface area contributed by atoms with Gasteiger partial charge in [0.25, 0.3) is 6.43 Å². The lowest BCUT2D eigenvalue weighted by atomic mass is 9.94. The van der Waals surface area contributed by atoms with E-state index in [1.807, 2.05) is 6.92 Å². The van der Waals surface area contributed by atoms with Crippen LogP contribution in [0.5, 0.6) is 5.88 Å². The molecule has 2 aromatic rings. The first-order valence-corrected chi connectivity index (χ1v) is 8.57. The largest absolute Gasteiger partial charge is 0.477 e. The highest BCUT2D eigenvalue weighted by atomic mass is 35.5. The summed E-state index contributed by atoms with van der Waals surface area (Å²) in [6.07, 6.45) is -0.428. The van der Waals surface area contributed by atoms with Gasteiger partial charge in [0, 0.05) is 19.6 Å². The number of likely N-dealkylation sites (tertiary alicyclic amines) is 1. The average molecular weight is 388 g/mol. The molecule has 0 atom stereocenters. The van der Waals surface area contributed by atoms with E-state index in [4.69, 9.17) is 4.74 Å². The van der Waals surface area contributed by atoms with Crippen molar-refractivity contribution in [3.05, 3.63) is 30.1 Å². The Hall–Kier alpha value is -1.57. The molecule has 0 amide bonds. The number of alkyl halides is 2. The fourth-order valence-corrected chi connectivity index (χ4v) is 2.99. The highest BCUT2D eigenvalue weighted by Crippen LogP contribution is 2.26. The van der Waals surface area contributed by atoms with E-state index in [9.17, 15) is 13.9 Å². The number of piperidine rings is 1. The van der Waals surface area contributed by atoms with E-state index >= 15 is 0 Å². The molecular weight excluding hydrogens is 364 g/mol. The Morgan fingerprint density at radius 2 is 1.92 bits per heavy atom. The number of benzene rings is 1. The van der Waals surface area contributed by atoms with Crippen molar-refractivity contribution in [1.29, 1.82) is 0 Å². The van der Waals surface area contributed by atoms with E-state index in [1.54, 1.807) is 24.3 Å².